The van der Waals surface area contributed by atoms with Crippen molar-refractivity contribution in [3.63, 3.8) is 0 Å². The van der Waals surface area contributed by atoms with E-state index in [-0.39, 0.29) is 12.0 Å². The topological polar surface area (TPSA) is 53.6 Å². The lowest BCUT2D eigenvalue weighted by Gasteiger charge is -2.35. The first-order valence-corrected chi connectivity index (χ1v) is 9.95. The first-order valence-electron chi connectivity index (χ1n) is 9.95. The molecule has 0 unspecified atom stereocenters. The minimum absolute atomic E-state index is 0.0181. The van der Waals surface area contributed by atoms with Gasteiger partial charge in [0, 0.05) is 36.4 Å². The molecule has 2 aliphatic rings. The summed E-state index contributed by atoms with van der Waals surface area (Å²) in [5.74, 6) is 0.514. The van der Waals surface area contributed by atoms with E-state index < -0.39 is 0 Å². The molecule has 5 nitrogen and oxygen atoms in total. The Bertz CT molecular complexity index is 632. The van der Waals surface area contributed by atoms with Gasteiger partial charge in [0.25, 0.3) is 5.91 Å². The molecule has 5 heteroatoms. The second kappa shape index (κ2) is 8.40. The smallest absolute Gasteiger partial charge is 0.251 e. The van der Waals surface area contributed by atoms with Gasteiger partial charge >= 0.3 is 0 Å². The van der Waals surface area contributed by atoms with Crippen LogP contribution in [0.2, 0.25) is 0 Å². The highest BCUT2D eigenvalue weighted by molar-refractivity contribution is 5.97. The van der Waals surface area contributed by atoms with Gasteiger partial charge in [-0.1, -0.05) is 19.9 Å². The Kier molecular flexibility index (Phi) is 6.20. The van der Waals surface area contributed by atoms with Gasteiger partial charge < -0.3 is 15.4 Å². The maximum Gasteiger partial charge on any atom is 0.251 e. The first kappa shape index (κ1) is 19.2. The van der Waals surface area contributed by atoms with Gasteiger partial charge in [0.1, 0.15) is 0 Å². The highest BCUT2D eigenvalue weighted by atomic mass is 16.5. The molecule has 3 atom stereocenters. The number of carbonyl (C=O) groups excluding carboxylic acids is 1. The Morgan fingerprint density at radius 1 is 1.35 bits per heavy atom. The maximum atomic E-state index is 12.7. The Morgan fingerprint density at radius 2 is 2.15 bits per heavy atom. The third kappa shape index (κ3) is 4.38. The van der Waals surface area contributed by atoms with Crippen LogP contribution in [0.5, 0.6) is 0 Å². The molecule has 0 aromatic heterocycles. The summed E-state index contributed by atoms with van der Waals surface area (Å²) in [4.78, 5) is 15.2. The summed E-state index contributed by atoms with van der Waals surface area (Å²) in [6.07, 6.45) is 2.60. The van der Waals surface area contributed by atoms with Gasteiger partial charge in [0.2, 0.25) is 0 Å². The van der Waals surface area contributed by atoms with Crippen LogP contribution in [0, 0.1) is 12.8 Å². The van der Waals surface area contributed by atoms with Crippen LogP contribution in [-0.4, -0.2) is 55.2 Å². The van der Waals surface area contributed by atoms with Crippen molar-refractivity contribution in [1.29, 1.82) is 0 Å². The van der Waals surface area contributed by atoms with Crippen molar-refractivity contribution in [2.45, 2.75) is 58.7 Å². The van der Waals surface area contributed by atoms with E-state index in [2.05, 4.69) is 36.3 Å². The number of hydrogen-bond donors (Lipinski definition) is 2. The average molecular weight is 360 g/mol. The van der Waals surface area contributed by atoms with Crippen molar-refractivity contribution >= 4 is 11.6 Å². The fourth-order valence-electron chi connectivity index (χ4n) is 3.76. The van der Waals surface area contributed by atoms with Gasteiger partial charge in [-0.3, -0.25) is 9.69 Å². The predicted octanol–water partition coefficient (Wildman–Crippen LogP) is 3.04. The van der Waals surface area contributed by atoms with Crippen molar-refractivity contribution in [3.8, 4) is 0 Å². The third-order valence-corrected chi connectivity index (χ3v) is 5.91. The van der Waals surface area contributed by atoms with Gasteiger partial charge in [-0.25, -0.2) is 0 Å². The second-order valence-corrected chi connectivity index (χ2v) is 8.11. The van der Waals surface area contributed by atoms with Gasteiger partial charge in [-0.05, 0) is 56.8 Å². The molecule has 0 radical (unpaired) electrons. The summed E-state index contributed by atoms with van der Waals surface area (Å²) in [6, 6.07) is 6.84. The third-order valence-electron chi connectivity index (χ3n) is 5.91. The van der Waals surface area contributed by atoms with Crippen LogP contribution < -0.4 is 10.6 Å². The van der Waals surface area contributed by atoms with Crippen molar-refractivity contribution < 1.29 is 9.53 Å². The summed E-state index contributed by atoms with van der Waals surface area (Å²) in [5.41, 5.74) is 2.77. The van der Waals surface area contributed by atoms with Crippen LogP contribution in [0.25, 0.3) is 0 Å². The Hall–Kier alpha value is -1.59. The average Bonchev–Trinajstić information content (AvgIpc) is 3.09. The van der Waals surface area contributed by atoms with E-state index in [1.54, 1.807) is 0 Å². The minimum Gasteiger partial charge on any atom is -0.382 e. The second-order valence-electron chi connectivity index (χ2n) is 8.11. The van der Waals surface area contributed by atoms with E-state index in [1.165, 1.54) is 19.4 Å². The van der Waals surface area contributed by atoms with Gasteiger partial charge in [0.15, 0.2) is 0 Å². The summed E-state index contributed by atoms with van der Waals surface area (Å²) in [6.45, 7) is 12.0. The number of nitrogens with one attached hydrogen (secondary N) is 2. The molecule has 0 aliphatic carbocycles. The quantitative estimate of drug-likeness (QED) is 0.820. The van der Waals surface area contributed by atoms with Crippen molar-refractivity contribution in [3.05, 3.63) is 29.3 Å². The van der Waals surface area contributed by atoms with Crippen LogP contribution in [0.3, 0.4) is 0 Å². The van der Waals surface area contributed by atoms with Crippen molar-refractivity contribution in [2.24, 2.45) is 5.92 Å². The van der Waals surface area contributed by atoms with E-state index in [1.807, 2.05) is 25.1 Å². The highest BCUT2D eigenvalue weighted by Gasteiger charge is 2.32. The van der Waals surface area contributed by atoms with E-state index in [9.17, 15) is 4.79 Å². The van der Waals surface area contributed by atoms with E-state index in [0.29, 0.717) is 24.5 Å². The van der Waals surface area contributed by atoms with Crippen LogP contribution in [0.4, 0.5) is 5.69 Å². The monoisotopic (exact) mass is 359 g/mol. The number of morpholine rings is 1. The van der Waals surface area contributed by atoms with Crippen LogP contribution in [0.1, 0.15) is 49.5 Å². The molecule has 0 bridgehead atoms. The SMILES string of the molecule is Cc1c(N[C@H](C)C(C)C)cccc1C(=O)NC[C@H]1CN2CCC[C@@H]2CO1. The fraction of sp³-hybridized carbons (Fsp3) is 0.667. The lowest BCUT2D eigenvalue weighted by molar-refractivity contribution is -0.0461. The molecule has 0 saturated carbocycles. The molecule has 1 aromatic carbocycles. The number of benzene rings is 1. The van der Waals surface area contributed by atoms with Gasteiger partial charge in [0.05, 0.1) is 12.7 Å². The van der Waals surface area contributed by atoms with E-state index in [4.69, 9.17) is 4.74 Å². The molecule has 2 fully saturated rings. The number of nitrogens with zero attached hydrogens (tertiary/aromatic N) is 1. The molecular formula is C21H33N3O2. The zero-order valence-electron chi connectivity index (χ0n) is 16.5. The largest absolute Gasteiger partial charge is 0.382 e. The molecule has 2 heterocycles. The Labute approximate surface area is 157 Å². The molecule has 2 N–H and O–H groups in total. The number of fused-ring (bicyclic) bond motifs is 1. The molecule has 0 spiro atoms. The number of carbonyl (C=O) groups is 1. The van der Waals surface area contributed by atoms with Crippen LogP contribution in [0.15, 0.2) is 18.2 Å². The molecule has 2 aliphatic heterocycles. The number of anilines is 1. The van der Waals surface area contributed by atoms with E-state index in [0.717, 1.165) is 30.0 Å². The summed E-state index contributed by atoms with van der Waals surface area (Å²) in [5, 5.41) is 6.60. The molecule has 144 valence electrons. The summed E-state index contributed by atoms with van der Waals surface area (Å²) in [7, 11) is 0. The number of amides is 1. The first-order chi connectivity index (χ1) is 12.5. The summed E-state index contributed by atoms with van der Waals surface area (Å²) < 4.78 is 5.94. The lowest BCUT2D eigenvalue weighted by atomic mass is 10.0. The van der Waals surface area contributed by atoms with Crippen molar-refractivity contribution in [2.75, 3.05) is 31.6 Å². The number of ether oxygens (including phenoxy) is 1. The van der Waals surface area contributed by atoms with Gasteiger partial charge in [-0.15, -0.1) is 0 Å². The number of hydrogen-bond acceptors (Lipinski definition) is 4. The minimum atomic E-state index is -0.0181. The Morgan fingerprint density at radius 3 is 2.92 bits per heavy atom. The summed E-state index contributed by atoms with van der Waals surface area (Å²) >= 11 is 0. The van der Waals surface area contributed by atoms with Gasteiger partial charge in [-0.2, -0.15) is 0 Å². The van der Waals surface area contributed by atoms with Crippen LogP contribution in [-0.2, 0) is 4.74 Å². The maximum absolute atomic E-state index is 12.7. The zero-order chi connectivity index (χ0) is 18.7. The van der Waals surface area contributed by atoms with E-state index >= 15 is 0 Å². The molecule has 3 rings (SSSR count). The fourth-order valence-corrected chi connectivity index (χ4v) is 3.76. The predicted molar refractivity (Wildman–Crippen MR) is 106 cm³/mol. The van der Waals surface area contributed by atoms with Crippen molar-refractivity contribution in [1.82, 2.24) is 10.2 Å². The Balaban J connectivity index is 1.57. The zero-order valence-corrected chi connectivity index (χ0v) is 16.5. The normalized spacial score (nSPS) is 24.3. The van der Waals surface area contributed by atoms with Crippen LogP contribution >= 0.6 is 0 Å². The highest BCUT2D eigenvalue weighted by Crippen LogP contribution is 2.23. The standard InChI is InChI=1S/C21H33N3O2/c1-14(2)16(4)23-20-9-5-8-19(15(20)3)21(25)22-11-18-12-24-10-6-7-17(24)13-26-18/h5,8-9,14,16-18,23H,6-7,10-13H2,1-4H3,(H,22,25)/t16-,17-,18+/m1/s1. The molecule has 2 saturated heterocycles. The lowest BCUT2D eigenvalue weighted by Crippen LogP contribution is -2.50. The molecular weight excluding hydrogens is 326 g/mol. The molecule has 26 heavy (non-hydrogen) atoms. The number of rotatable bonds is 6. The molecule has 1 aromatic rings. The molecule has 1 amide bonds.